The number of aryl methyl sites for hydroxylation is 1. The van der Waals surface area contributed by atoms with E-state index in [1.807, 2.05) is 36.0 Å². The normalized spacial score (nSPS) is 7.77. The maximum absolute atomic E-state index is 9.67. The van der Waals surface area contributed by atoms with Gasteiger partial charge in [-0.25, -0.2) is 0 Å². The summed E-state index contributed by atoms with van der Waals surface area (Å²) >= 11 is 5.67. The lowest BCUT2D eigenvalue weighted by atomic mass is 10.5. The minimum absolute atomic E-state index is 0. The molecule has 0 amide bonds. The van der Waals surface area contributed by atoms with Crippen LogP contribution in [-0.2, 0) is 7.05 Å². The second kappa shape index (κ2) is 7.85. The molecular formula is C6H7BClF4N. The van der Waals surface area contributed by atoms with Crippen LogP contribution in [0.5, 0.6) is 0 Å². The van der Waals surface area contributed by atoms with E-state index in [4.69, 9.17) is 11.6 Å². The van der Waals surface area contributed by atoms with Crippen molar-refractivity contribution < 1.29 is 22.2 Å². The fraction of sp³-hybridized carbons (Fsp3) is 0.167. The Kier molecular flexibility index (Phi) is 8.90. The topological polar surface area (TPSA) is 3.88 Å². The highest BCUT2D eigenvalue weighted by Crippen LogP contribution is 1.95. The average Bonchev–Trinajstić information content (AvgIpc) is 1.94. The molecule has 0 bridgehead atoms. The van der Waals surface area contributed by atoms with Crippen LogP contribution in [0.15, 0.2) is 24.4 Å². The number of hydrogen-bond donors (Lipinski definition) is 0. The molecule has 0 unspecified atom stereocenters. The molecule has 0 saturated heterocycles. The number of pyridine rings is 1. The van der Waals surface area contributed by atoms with E-state index < -0.39 is 7.54 Å². The number of nitrogens with zero attached hydrogens (tertiary/aromatic N) is 1. The summed E-state index contributed by atoms with van der Waals surface area (Å²) in [6.07, 6.45) is 1.91. The van der Waals surface area contributed by atoms with Crippen LogP contribution in [-0.4, -0.2) is 7.54 Å². The molecule has 0 N–H and O–H groups in total. The number of rotatable bonds is 0. The lowest BCUT2D eigenvalue weighted by Gasteiger charge is -1.84. The van der Waals surface area contributed by atoms with Gasteiger partial charge in [0, 0.05) is 12.1 Å². The highest BCUT2D eigenvalue weighted by molar-refractivity contribution is 6.33. The molecule has 0 aliphatic heterocycles. The molecule has 1 aromatic heterocycles. The second-order valence-electron chi connectivity index (χ2n) is 1.88. The van der Waals surface area contributed by atoms with Gasteiger partial charge in [-0.15, -0.1) is 0 Å². The molecule has 0 aromatic carbocycles. The maximum Gasteiger partial charge on any atom is 0.762 e. The summed E-state index contributed by atoms with van der Waals surface area (Å²) in [7, 11) is -1.76. The van der Waals surface area contributed by atoms with Gasteiger partial charge in [0.25, 0.3) is 5.15 Å². The van der Waals surface area contributed by atoms with Crippen molar-refractivity contribution >= 4 is 19.1 Å². The van der Waals surface area contributed by atoms with Crippen molar-refractivity contribution in [3.63, 3.8) is 0 Å². The Morgan fingerprint density at radius 3 is 2.00 bits per heavy atom. The monoisotopic (exact) mass is 215 g/mol. The van der Waals surface area contributed by atoms with Crippen molar-refractivity contribution in [1.82, 2.24) is 0 Å². The van der Waals surface area contributed by atoms with Crippen LogP contribution in [0.4, 0.5) is 12.9 Å². The van der Waals surface area contributed by atoms with Crippen molar-refractivity contribution in [1.29, 1.82) is 0 Å². The van der Waals surface area contributed by atoms with Gasteiger partial charge in [0.1, 0.15) is 7.05 Å². The molecule has 0 aliphatic rings. The highest BCUT2D eigenvalue weighted by Gasteiger charge is 2.06. The molecule has 0 spiro atoms. The predicted octanol–water partition coefficient (Wildman–Crippen LogP) is -0.952. The first kappa shape index (κ1) is 14.7. The smallest absolute Gasteiger partial charge is 0.762 e. The van der Waals surface area contributed by atoms with E-state index in [-0.39, 0.29) is 4.70 Å². The molecule has 0 saturated carbocycles. The van der Waals surface area contributed by atoms with Gasteiger partial charge in [-0.3, -0.25) is 12.9 Å². The van der Waals surface area contributed by atoms with Gasteiger partial charge in [-0.1, -0.05) is 0 Å². The van der Waals surface area contributed by atoms with Gasteiger partial charge in [0.2, 0.25) is 0 Å². The number of hydrogen-bond acceptors (Lipinski definition) is 0. The summed E-state index contributed by atoms with van der Waals surface area (Å²) in [5.74, 6) is 0. The highest BCUT2D eigenvalue weighted by atomic mass is 35.5. The van der Waals surface area contributed by atoms with Gasteiger partial charge < -0.3 is 4.70 Å². The van der Waals surface area contributed by atoms with Crippen LogP contribution >= 0.6 is 11.6 Å². The molecule has 0 atom stereocenters. The quantitative estimate of drug-likeness (QED) is 0.227. The standard InChI is InChI=1S/C6H7ClN.BF3.FH/c1-8-5-3-2-4-6(8)7;2-1(3)4;/h2-5H,1H3;;1H/q+1;;/p-1. The van der Waals surface area contributed by atoms with Gasteiger partial charge in [0.05, 0.1) is 0 Å². The molecule has 1 rings (SSSR count). The third-order valence-corrected chi connectivity index (χ3v) is 1.38. The van der Waals surface area contributed by atoms with E-state index >= 15 is 0 Å². The summed E-state index contributed by atoms with van der Waals surface area (Å²) in [6.45, 7) is 0. The Labute approximate surface area is 78.7 Å². The van der Waals surface area contributed by atoms with Crippen molar-refractivity contribution in [2.75, 3.05) is 0 Å². The summed E-state index contributed by atoms with van der Waals surface area (Å²) in [5.41, 5.74) is 0. The fourth-order valence-electron chi connectivity index (χ4n) is 0.503. The van der Waals surface area contributed by atoms with Crippen LogP contribution < -0.4 is 9.27 Å². The molecule has 0 fully saturated rings. The van der Waals surface area contributed by atoms with E-state index in [0.717, 1.165) is 5.15 Å². The summed E-state index contributed by atoms with van der Waals surface area (Å²) in [6, 6.07) is 5.69. The molecule has 7 heteroatoms. The maximum atomic E-state index is 9.67. The fourth-order valence-corrected chi connectivity index (χ4v) is 0.632. The van der Waals surface area contributed by atoms with E-state index in [0.29, 0.717) is 0 Å². The minimum atomic E-state index is -3.67. The van der Waals surface area contributed by atoms with E-state index in [2.05, 4.69) is 0 Å². The van der Waals surface area contributed by atoms with Crippen molar-refractivity contribution in [3.8, 4) is 0 Å². The predicted molar refractivity (Wildman–Crippen MR) is 41.7 cm³/mol. The Bertz CT molecular complexity index is 212. The third-order valence-electron chi connectivity index (χ3n) is 0.991. The molecule has 1 heterocycles. The van der Waals surface area contributed by atoms with Gasteiger partial charge in [0.15, 0.2) is 6.20 Å². The first-order chi connectivity index (χ1) is 5.54. The van der Waals surface area contributed by atoms with Gasteiger partial charge >= 0.3 is 7.54 Å². The van der Waals surface area contributed by atoms with E-state index in [1.54, 1.807) is 0 Å². The van der Waals surface area contributed by atoms with Gasteiger partial charge in [-0.05, 0) is 17.7 Å². The third kappa shape index (κ3) is 9.14. The summed E-state index contributed by atoms with van der Waals surface area (Å²) in [4.78, 5) is 0. The Hall–Kier alpha value is -0.775. The number of halogens is 5. The summed E-state index contributed by atoms with van der Waals surface area (Å²) in [5, 5.41) is 0.757. The Morgan fingerprint density at radius 1 is 1.31 bits per heavy atom. The van der Waals surface area contributed by atoms with Crippen molar-refractivity contribution in [2.45, 2.75) is 0 Å². The molecule has 1 nitrogen and oxygen atoms in total. The molecule has 13 heavy (non-hydrogen) atoms. The van der Waals surface area contributed by atoms with Gasteiger partial charge in [-0.2, -0.15) is 4.57 Å². The van der Waals surface area contributed by atoms with E-state index in [9.17, 15) is 12.9 Å². The lowest BCUT2D eigenvalue weighted by molar-refractivity contribution is -0.669. The Balaban J connectivity index is 0. The Morgan fingerprint density at radius 2 is 1.77 bits per heavy atom. The molecule has 1 aromatic rings. The minimum Gasteiger partial charge on any atom is -1.00 e. The zero-order chi connectivity index (χ0) is 9.56. The number of aromatic nitrogens is 1. The van der Waals surface area contributed by atoms with Crippen LogP contribution in [0.3, 0.4) is 0 Å². The SMILES string of the molecule is C[n+]1ccccc1Cl.FB(F)F.[F-]. The molecular weight excluding hydrogens is 208 g/mol. The first-order valence-corrected chi connectivity index (χ1v) is 3.44. The second-order valence-corrected chi connectivity index (χ2v) is 2.27. The van der Waals surface area contributed by atoms with Crippen LogP contribution in [0.2, 0.25) is 5.15 Å². The van der Waals surface area contributed by atoms with Crippen LogP contribution in [0.25, 0.3) is 0 Å². The van der Waals surface area contributed by atoms with Crippen LogP contribution in [0, 0.1) is 0 Å². The average molecular weight is 215 g/mol. The zero-order valence-corrected chi connectivity index (χ0v) is 7.48. The summed E-state index contributed by atoms with van der Waals surface area (Å²) < 4.78 is 30.8. The van der Waals surface area contributed by atoms with Crippen LogP contribution in [0.1, 0.15) is 0 Å². The van der Waals surface area contributed by atoms with Crippen molar-refractivity contribution in [3.05, 3.63) is 29.5 Å². The van der Waals surface area contributed by atoms with E-state index in [1.165, 1.54) is 0 Å². The first-order valence-electron chi connectivity index (χ1n) is 3.06. The molecule has 74 valence electrons. The van der Waals surface area contributed by atoms with Crippen molar-refractivity contribution in [2.24, 2.45) is 7.05 Å². The molecule has 0 radical (unpaired) electrons. The zero-order valence-electron chi connectivity index (χ0n) is 6.72. The molecule has 0 aliphatic carbocycles. The largest absolute Gasteiger partial charge is 1.00 e. The lowest BCUT2D eigenvalue weighted by Crippen LogP contribution is -3.00.